The van der Waals surface area contributed by atoms with Crippen LogP contribution in [0.1, 0.15) is 0 Å². The fraction of sp³-hybridized carbons (Fsp3) is 0. The van der Waals surface area contributed by atoms with Gasteiger partial charge in [-0.3, -0.25) is 4.98 Å². The summed E-state index contributed by atoms with van der Waals surface area (Å²) in [5, 5.41) is 4.52. The first-order valence-corrected chi connectivity index (χ1v) is 20.7. The van der Waals surface area contributed by atoms with Crippen molar-refractivity contribution in [3.63, 3.8) is 0 Å². The quantitative estimate of drug-likeness (QED) is 0.161. The van der Waals surface area contributed by atoms with Crippen LogP contribution in [0.15, 0.2) is 217 Å². The van der Waals surface area contributed by atoms with Crippen molar-refractivity contribution in [2.75, 3.05) is 0 Å². The lowest BCUT2D eigenvalue weighted by atomic mass is 9.94. The molecular formula is C56H35N5O. The Labute approximate surface area is 357 Å². The van der Waals surface area contributed by atoms with E-state index in [-0.39, 0.29) is 0 Å². The van der Waals surface area contributed by atoms with Gasteiger partial charge in [0.2, 0.25) is 0 Å². The average molecular weight is 794 g/mol. The molecular weight excluding hydrogens is 759 g/mol. The van der Waals surface area contributed by atoms with Crippen LogP contribution in [0.4, 0.5) is 0 Å². The molecule has 0 aliphatic heterocycles. The zero-order chi connectivity index (χ0) is 41.0. The molecule has 12 rings (SSSR count). The number of benzene rings is 8. The van der Waals surface area contributed by atoms with E-state index in [4.69, 9.17) is 19.4 Å². The summed E-state index contributed by atoms with van der Waals surface area (Å²) in [5.41, 5.74) is 14.3. The molecule has 0 saturated carbocycles. The predicted molar refractivity (Wildman–Crippen MR) is 252 cm³/mol. The van der Waals surface area contributed by atoms with Gasteiger partial charge in [-0.15, -0.1) is 0 Å². The van der Waals surface area contributed by atoms with Gasteiger partial charge >= 0.3 is 0 Å². The van der Waals surface area contributed by atoms with Crippen LogP contribution in [0.3, 0.4) is 0 Å². The smallest absolute Gasteiger partial charge is 0.164 e. The summed E-state index contributed by atoms with van der Waals surface area (Å²) in [6.07, 6.45) is 3.66. The number of pyridine rings is 1. The number of hydrogen-bond donors (Lipinski definition) is 0. The predicted octanol–water partition coefficient (Wildman–Crippen LogP) is 14.3. The third-order valence-corrected chi connectivity index (χ3v) is 11.7. The largest absolute Gasteiger partial charge is 0.456 e. The van der Waals surface area contributed by atoms with Crippen LogP contribution in [0, 0.1) is 0 Å². The van der Waals surface area contributed by atoms with E-state index in [2.05, 4.69) is 143 Å². The van der Waals surface area contributed by atoms with E-state index < -0.39 is 0 Å². The summed E-state index contributed by atoms with van der Waals surface area (Å²) in [6, 6.07) is 69.9. The van der Waals surface area contributed by atoms with E-state index in [1.807, 2.05) is 79.1 Å². The zero-order valence-electron chi connectivity index (χ0n) is 33.4. The van der Waals surface area contributed by atoms with E-state index in [1.165, 1.54) is 16.3 Å². The second-order valence-corrected chi connectivity index (χ2v) is 15.5. The maximum absolute atomic E-state index is 6.32. The second kappa shape index (κ2) is 14.7. The number of nitrogens with zero attached hydrogens (tertiary/aromatic N) is 5. The van der Waals surface area contributed by atoms with E-state index in [0.29, 0.717) is 17.5 Å². The standard InChI is InChI=1S/C56H35N5O/c1-3-11-39(12-4-1)54-58-55(41-23-25-48-47-16-8-10-18-52(47)62-53(48)35-41)60-56(59-54)44-32-42(37-21-19-36(20-22-37)38-27-29-57-30-28-38)31-43(33-44)40-24-26-51-49(34-40)46-15-7-9-17-50(46)61(51)45-13-5-2-6-14-45/h1-35H. The Morgan fingerprint density at radius 1 is 0.306 bits per heavy atom. The average Bonchev–Trinajstić information content (AvgIpc) is 3.90. The van der Waals surface area contributed by atoms with Crippen LogP contribution < -0.4 is 0 Å². The first-order chi connectivity index (χ1) is 30.7. The molecule has 0 radical (unpaired) electrons. The highest BCUT2D eigenvalue weighted by Crippen LogP contribution is 2.39. The number of para-hydroxylation sites is 3. The van der Waals surface area contributed by atoms with Gasteiger partial charge in [0.1, 0.15) is 11.2 Å². The molecule has 6 nitrogen and oxygen atoms in total. The van der Waals surface area contributed by atoms with E-state index in [0.717, 1.165) is 83.2 Å². The van der Waals surface area contributed by atoms with Gasteiger partial charge in [0.05, 0.1) is 11.0 Å². The minimum atomic E-state index is 0.569. The number of aromatic nitrogens is 5. The Hall–Kier alpha value is -8.48. The lowest BCUT2D eigenvalue weighted by molar-refractivity contribution is 0.669. The van der Waals surface area contributed by atoms with Crippen molar-refractivity contribution in [1.82, 2.24) is 24.5 Å². The van der Waals surface area contributed by atoms with Gasteiger partial charge in [0.15, 0.2) is 17.5 Å². The highest BCUT2D eigenvalue weighted by atomic mass is 16.3. The Morgan fingerprint density at radius 2 is 0.839 bits per heavy atom. The van der Waals surface area contributed by atoms with Gasteiger partial charge < -0.3 is 8.98 Å². The summed E-state index contributed by atoms with van der Waals surface area (Å²) in [4.78, 5) is 19.7. The molecule has 6 heteroatoms. The molecule has 0 aliphatic carbocycles. The number of rotatable bonds is 7. The Kier molecular flexibility index (Phi) is 8.38. The van der Waals surface area contributed by atoms with Crippen molar-refractivity contribution in [3.05, 3.63) is 213 Å². The molecule has 0 unspecified atom stereocenters. The number of furan rings is 1. The molecule has 0 bridgehead atoms. The van der Waals surface area contributed by atoms with Gasteiger partial charge in [0.25, 0.3) is 0 Å². The minimum absolute atomic E-state index is 0.569. The molecule has 0 amide bonds. The number of fused-ring (bicyclic) bond motifs is 6. The molecule has 290 valence electrons. The van der Waals surface area contributed by atoms with Gasteiger partial charge in [-0.25, -0.2) is 15.0 Å². The summed E-state index contributed by atoms with van der Waals surface area (Å²) >= 11 is 0. The minimum Gasteiger partial charge on any atom is -0.456 e. The van der Waals surface area contributed by atoms with Crippen LogP contribution >= 0.6 is 0 Å². The molecule has 4 heterocycles. The molecule has 4 aromatic heterocycles. The molecule has 0 N–H and O–H groups in total. The fourth-order valence-electron chi connectivity index (χ4n) is 8.71. The highest BCUT2D eigenvalue weighted by molar-refractivity contribution is 6.10. The summed E-state index contributed by atoms with van der Waals surface area (Å²) in [6.45, 7) is 0. The fourth-order valence-corrected chi connectivity index (χ4v) is 8.71. The lowest BCUT2D eigenvalue weighted by Gasteiger charge is -2.13. The molecule has 12 aromatic rings. The molecule has 0 atom stereocenters. The van der Waals surface area contributed by atoms with Gasteiger partial charge in [0, 0.05) is 56.3 Å². The van der Waals surface area contributed by atoms with Gasteiger partial charge in [-0.2, -0.15) is 0 Å². The van der Waals surface area contributed by atoms with Crippen molar-refractivity contribution >= 4 is 43.7 Å². The van der Waals surface area contributed by atoms with Crippen LogP contribution in [0.2, 0.25) is 0 Å². The molecule has 8 aromatic carbocycles. The maximum Gasteiger partial charge on any atom is 0.164 e. The van der Waals surface area contributed by atoms with Crippen LogP contribution in [0.25, 0.3) is 117 Å². The SMILES string of the molecule is c1ccc(-c2nc(-c3cc(-c4ccc(-c5ccncc5)cc4)cc(-c4ccc5c(c4)c4ccccc4n5-c4ccccc4)c3)nc(-c3ccc4c(c3)oc3ccccc34)n2)cc1. The lowest BCUT2D eigenvalue weighted by Crippen LogP contribution is -2.00. The summed E-state index contributed by atoms with van der Waals surface area (Å²) in [7, 11) is 0. The number of hydrogen-bond acceptors (Lipinski definition) is 5. The van der Waals surface area contributed by atoms with Gasteiger partial charge in [-0.05, 0) is 112 Å². The van der Waals surface area contributed by atoms with Crippen LogP contribution in [-0.2, 0) is 0 Å². The first-order valence-electron chi connectivity index (χ1n) is 20.7. The maximum atomic E-state index is 6.32. The first kappa shape index (κ1) is 35.5. The van der Waals surface area contributed by atoms with E-state index in [1.54, 1.807) is 0 Å². The molecule has 0 saturated heterocycles. The van der Waals surface area contributed by atoms with Crippen LogP contribution in [-0.4, -0.2) is 24.5 Å². The molecule has 0 fully saturated rings. The third kappa shape index (κ3) is 6.21. The Balaban J connectivity index is 1.06. The van der Waals surface area contributed by atoms with Crippen molar-refractivity contribution in [3.8, 4) is 73.2 Å². The van der Waals surface area contributed by atoms with Gasteiger partial charge in [-0.1, -0.05) is 121 Å². The van der Waals surface area contributed by atoms with Crippen molar-refractivity contribution < 1.29 is 4.42 Å². The normalized spacial score (nSPS) is 11.5. The molecule has 0 aliphatic rings. The Bertz CT molecular complexity index is 3610. The Morgan fingerprint density at radius 3 is 1.61 bits per heavy atom. The topological polar surface area (TPSA) is 69.6 Å². The zero-order valence-corrected chi connectivity index (χ0v) is 33.4. The van der Waals surface area contributed by atoms with Crippen molar-refractivity contribution in [2.24, 2.45) is 0 Å². The van der Waals surface area contributed by atoms with E-state index >= 15 is 0 Å². The molecule has 62 heavy (non-hydrogen) atoms. The summed E-state index contributed by atoms with van der Waals surface area (Å²) < 4.78 is 8.67. The third-order valence-electron chi connectivity index (χ3n) is 11.7. The van der Waals surface area contributed by atoms with E-state index in [9.17, 15) is 0 Å². The monoisotopic (exact) mass is 793 g/mol. The van der Waals surface area contributed by atoms with Crippen LogP contribution in [0.5, 0.6) is 0 Å². The van der Waals surface area contributed by atoms with Crippen molar-refractivity contribution in [1.29, 1.82) is 0 Å². The summed E-state index contributed by atoms with van der Waals surface area (Å²) in [5.74, 6) is 1.75. The molecule has 0 spiro atoms. The highest BCUT2D eigenvalue weighted by Gasteiger charge is 2.18. The second-order valence-electron chi connectivity index (χ2n) is 15.5. The van der Waals surface area contributed by atoms with Crippen molar-refractivity contribution in [2.45, 2.75) is 0 Å².